The summed E-state index contributed by atoms with van der Waals surface area (Å²) in [6, 6.07) is 0. The molecule has 0 aromatic heterocycles. The Balaban J connectivity index is 3.73. The highest BCUT2D eigenvalue weighted by atomic mass is 28.4. The number of rotatable bonds is 24. The van der Waals surface area contributed by atoms with Crippen molar-refractivity contribution in [2.24, 2.45) is 0 Å². The normalized spacial score (nSPS) is 13.5. The number of ether oxygens (including phenoxy) is 2. The monoisotopic (exact) mass is 486 g/mol. The van der Waals surface area contributed by atoms with Crippen molar-refractivity contribution in [3.05, 3.63) is 0 Å². The topological polar surface area (TPSA) is 27.7 Å². The fraction of sp³-hybridized carbons (Fsp3) is 1.00. The van der Waals surface area contributed by atoms with Crippen molar-refractivity contribution in [2.45, 2.75) is 162 Å². The van der Waals surface area contributed by atoms with Crippen LogP contribution in [-0.2, 0) is 13.9 Å². The maximum Gasteiger partial charge on any atom is 0.192 e. The molecule has 0 N–H and O–H groups in total. The van der Waals surface area contributed by atoms with Gasteiger partial charge in [-0.25, -0.2) is 0 Å². The quantitative estimate of drug-likeness (QED) is 0.100. The summed E-state index contributed by atoms with van der Waals surface area (Å²) >= 11 is 0. The zero-order chi connectivity index (χ0) is 24.8. The standard InChI is InChI=1S/C29H62O3Si/c1-8-10-12-13-14-15-16-17-18-19-20-21-22-23-24-30-26-28(31-25-11-9-2)27-32-33(6,7)29(3,4)5/h28H,8-27H2,1-7H3. The zero-order valence-electron chi connectivity index (χ0n) is 23.9. The van der Waals surface area contributed by atoms with E-state index in [1.54, 1.807) is 0 Å². The highest BCUT2D eigenvalue weighted by molar-refractivity contribution is 6.74. The van der Waals surface area contributed by atoms with Crippen LogP contribution in [0.3, 0.4) is 0 Å². The van der Waals surface area contributed by atoms with Gasteiger partial charge in [0, 0.05) is 13.2 Å². The van der Waals surface area contributed by atoms with Crippen molar-refractivity contribution in [1.29, 1.82) is 0 Å². The van der Waals surface area contributed by atoms with Crippen LogP contribution < -0.4 is 0 Å². The van der Waals surface area contributed by atoms with Crippen LogP contribution in [-0.4, -0.2) is 40.8 Å². The highest BCUT2D eigenvalue weighted by Gasteiger charge is 2.37. The van der Waals surface area contributed by atoms with Gasteiger partial charge in [0.1, 0.15) is 6.10 Å². The molecule has 0 amide bonds. The Morgan fingerprint density at radius 1 is 0.576 bits per heavy atom. The van der Waals surface area contributed by atoms with E-state index in [4.69, 9.17) is 13.9 Å². The summed E-state index contributed by atoms with van der Waals surface area (Å²) in [4.78, 5) is 0. The van der Waals surface area contributed by atoms with E-state index >= 15 is 0 Å². The summed E-state index contributed by atoms with van der Waals surface area (Å²) in [6.07, 6.45) is 21.8. The van der Waals surface area contributed by atoms with E-state index in [1.807, 2.05) is 0 Å². The molecule has 0 aliphatic heterocycles. The van der Waals surface area contributed by atoms with Gasteiger partial charge in [-0.2, -0.15) is 0 Å². The van der Waals surface area contributed by atoms with Crippen LogP contribution in [0.2, 0.25) is 18.1 Å². The Morgan fingerprint density at radius 3 is 1.48 bits per heavy atom. The van der Waals surface area contributed by atoms with Crippen molar-refractivity contribution in [3.8, 4) is 0 Å². The van der Waals surface area contributed by atoms with Crippen LogP contribution in [0.25, 0.3) is 0 Å². The lowest BCUT2D eigenvalue weighted by molar-refractivity contribution is -0.0409. The van der Waals surface area contributed by atoms with Gasteiger partial charge in [0.05, 0.1) is 13.2 Å². The Labute approximate surface area is 210 Å². The maximum atomic E-state index is 6.40. The lowest BCUT2D eigenvalue weighted by Crippen LogP contribution is -2.43. The van der Waals surface area contributed by atoms with Gasteiger partial charge in [-0.1, -0.05) is 125 Å². The molecule has 0 bridgehead atoms. The Kier molecular flexibility index (Phi) is 21.4. The smallest absolute Gasteiger partial charge is 0.192 e. The van der Waals surface area contributed by atoms with E-state index in [2.05, 4.69) is 47.7 Å². The van der Waals surface area contributed by atoms with Crippen molar-refractivity contribution in [3.63, 3.8) is 0 Å². The fourth-order valence-electron chi connectivity index (χ4n) is 3.67. The highest BCUT2D eigenvalue weighted by Crippen LogP contribution is 2.36. The molecule has 0 fully saturated rings. The molecule has 1 atom stereocenters. The van der Waals surface area contributed by atoms with Crippen LogP contribution in [0.1, 0.15) is 137 Å². The number of hydrogen-bond donors (Lipinski definition) is 0. The molecule has 0 rings (SSSR count). The molecule has 0 saturated heterocycles. The largest absolute Gasteiger partial charge is 0.414 e. The number of hydrogen-bond acceptors (Lipinski definition) is 3. The van der Waals surface area contributed by atoms with Crippen molar-refractivity contribution in [1.82, 2.24) is 0 Å². The predicted molar refractivity (Wildman–Crippen MR) is 149 cm³/mol. The van der Waals surface area contributed by atoms with Crippen LogP contribution in [0.15, 0.2) is 0 Å². The van der Waals surface area contributed by atoms with Gasteiger partial charge in [0.25, 0.3) is 0 Å². The van der Waals surface area contributed by atoms with Gasteiger partial charge in [-0.15, -0.1) is 0 Å². The number of unbranched alkanes of at least 4 members (excludes halogenated alkanes) is 14. The SMILES string of the molecule is CCCCCCCCCCCCCCCCOCC(CO[Si](C)(C)C(C)(C)C)OCCCC. The third-order valence-electron chi connectivity index (χ3n) is 7.23. The molecule has 3 nitrogen and oxygen atoms in total. The van der Waals surface area contributed by atoms with Crippen molar-refractivity contribution >= 4 is 8.32 Å². The van der Waals surface area contributed by atoms with Crippen molar-refractivity contribution < 1.29 is 13.9 Å². The maximum absolute atomic E-state index is 6.40. The molecule has 0 heterocycles. The van der Waals surface area contributed by atoms with Crippen molar-refractivity contribution in [2.75, 3.05) is 26.4 Å². The molecule has 33 heavy (non-hydrogen) atoms. The first-order valence-corrected chi connectivity index (χ1v) is 17.5. The lowest BCUT2D eigenvalue weighted by Gasteiger charge is -2.37. The van der Waals surface area contributed by atoms with E-state index in [0.717, 1.165) is 26.1 Å². The molecule has 4 heteroatoms. The Morgan fingerprint density at radius 2 is 1.03 bits per heavy atom. The summed E-state index contributed by atoms with van der Waals surface area (Å²) < 4.78 is 18.5. The van der Waals surface area contributed by atoms with Crippen LogP contribution in [0.5, 0.6) is 0 Å². The first-order chi connectivity index (χ1) is 15.7. The summed E-state index contributed by atoms with van der Waals surface area (Å²) in [5.41, 5.74) is 0. The molecular formula is C29H62O3Si. The molecule has 0 spiro atoms. The molecule has 0 aliphatic carbocycles. The minimum absolute atomic E-state index is 0.0670. The van der Waals surface area contributed by atoms with Gasteiger partial charge < -0.3 is 13.9 Å². The molecule has 0 aromatic carbocycles. The van der Waals surface area contributed by atoms with Gasteiger partial charge in [0.15, 0.2) is 8.32 Å². The minimum Gasteiger partial charge on any atom is -0.414 e. The first-order valence-electron chi connectivity index (χ1n) is 14.6. The van der Waals surface area contributed by atoms with Crippen LogP contribution in [0.4, 0.5) is 0 Å². The van der Waals surface area contributed by atoms with Gasteiger partial charge in [-0.05, 0) is 31.0 Å². The molecular weight excluding hydrogens is 424 g/mol. The molecule has 1 unspecified atom stereocenters. The Bertz CT molecular complexity index is 406. The predicted octanol–water partition coefficient (Wildman–Crippen LogP) is 9.69. The second-order valence-corrected chi connectivity index (χ2v) is 16.4. The minimum atomic E-state index is -1.74. The van der Waals surface area contributed by atoms with E-state index < -0.39 is 8.32 Å². The second kappa shape index (κ2) is 21.4. The molecule has 0 radical (unpaired) electrons. The van der Waals surface area contributed by atoms with Gasteiger partial charge >= 0.3 is 0 Å². The van der Waals surface area contributed by atoms with Gasteiger partial charge in [-0.3, -0.25) is 0 Å². The first kappa shape index (κ1) is 33.1. The third kappa shape index (κ3) is 20.0. The molecule has 0 aromatic rings. The molecule has 200 valence electrons. The third-order valence-corrected chi connectivity index (χ3v) is 11.7. The van der Waals surface area contributed by atoms with E-state index in [-0.39, 0.29) is 11.1 Å². The lowest BCUT2D eigenvalue weighted by atomic mass is 10.0. The van der Waals surface area contributed by atoms with E-state index in [1.165, 1.54) is 89.9 Å². The average molecular weight is 487 g/mol. The van der Waals surface area contributed by atoms with Gasteiger partial charge in [0.2, 0.25) is 0 Å². The molecule has 0 aliphatic rings. The summed E-state index contributed by atoms with van der Waals surface area (Å²) in [5, 5.41) is 0.232. The summed E-state index contributed by atoms with van der Waals surface area (Å²) in [6.45, 7) is 19.0. The van der Waals surface area contributed by atoms with E-state index in [0.29, 0.717) is 13.2 Å². The second-order valence-electron chi connectivity index (χ2n) is 11.6. The molecule has 0 saturated carbocycles. The summed E-state index contributed by atoms with van der Waals surface area (Å²) in [7, 11) is -1.74. The van der Waals surface area contributed by atoms with Crippen LogP contribution >= 0.6 is 0 Å². The van der Waals surface area contributed by atoms with E-state index in [9.17, 15) is 0 Å². The summed E-state index contributed by atoms with van der Waals surface area (Å²) in [5.74, 6) is 0. The zero-order valence-corrected chi connectivity index (χ0v) is 24.9. The average Bonchev–Trinajstić information content (AvgIpc) is 2.76. The van der Waals surface area contributed by atoms with Crippen LogP contribution in [0, 0.1) is 0 Å². The Hall–Kier alpha value is 0.0969. The fourth-order valence-corrected chi connectivity index (χ4v) is 4.71.